The first kappa shape index (κ1) is 19.7. The molecule has 0 atom stereocenters. The molecule has 152 valence electrons. The van der Waals surface area contributed by atoms with Crippen LogP contribution in [-0.2, 0) is 14.4 Å². The average molecular weight is 416 g/mol. The number of benzene rings is 1. The highest BCUT2D eigenvalue weighted by molar-refractivity contribution is 6.32. The number of rotatable bonds is 4. The summed E-state index contributed by atoms with van der Waals surface area (Å²) in [5.74, 6) is -1.50. The number of carbonyl (C=O) groups is 3. The Morgan fingerprint density at radius 1 is 1.03 bits per heavy atom. The largest absolute Gasteiger partial charge is 0.506 e. The van der Waals surface area contributed by atoms with Gasteiger partial charge in [0.05, 0.1) is 11.4 Å². The van der Waals surface area contributed by atoms with Gasteiger partial charge in [0.15, 0.2) is 11.6 Å². The Kier molecular flexibility index (Phi) is 5.21. The third-order valence-corrected chi connectivity index (χ3v) is 6.24. The number of carboxylic acid groups (broad SMARTS) is 1. The van der Waals surface area contributed by atoms with E-state index in [9.17, 15) is 24.6 Å². The molecule has 1 aromatic rings. The fourth-order valence-electron chi connectivity index (χ4n) is 4.73. The molecule has 0 aromatic heterocycles. The van der Waals surface area contributed by atoms with Crippen molar-refractivity contribution in [3.05, 3.63) is 51.3 Å². The van der Waals surface area contributed by atoms with Crippen LogP contribution in [0.1, 0.15) is 56.4 Å². The third kappa shape index (κ3) is 3.46. The van der Waals surface area contributed by atoms with Crippen molar-refractivity contribution in [1.29, 1.82) is 0 Å². The molecule has 7 heteroatoms. The Bertz CT molecular complexity index is 933. The van der Waals surface area contributed by atoms with Crippen LogP contribution in [0.3, 0.4) is 0 Å². The molecule has 4 rings (SSSR count). The number of halogens is 1. The number of phenols is 1. The Labute approximate surface area is 173 Å². The van der Waals surface area contributed by atoms with Gasteiger partial charge in [0.1, 0.15) is 5.75 Å². The molecule has 0 unspecified atom stereocenters. The third-order valence-electron chi connectivity index (χ3n) is 5.94. The van der Waals surface area contributed by atoms with Gasteiger partial charge in [0, 0.05) is 47.8 Å². The van der Waals surface area contributed by atoms with E-state index in [2.05, 4.69) is 0 Å². The molecule has 0 amide bonds. The Morgan fingerprint density at radius 3 is 2.14 bits per heavy atom. The van der Waals surface area contributed by atoms with Crippen molar-refractivity contribution in [3.63, 3.8) is 0 Å². The van der Waals surface area contributed by atoms with Crippen molar-refractivity contribution in [3.8, 4) is 5.75 Å². The highest BCUT2D eigenvalue weighted by Gasteiger charge is 2.43. The molecular formula is C22H22ClNO5. The Hall–Kier alpha value is -2.60. The van der Waals surface area contributed by atoms with Gasteiger partial charge in [0.25, 0.3) is 0 Å². The second-order valence-electron chi connectivity index (χ2n) is 7.71. The molecule has 1 aromatic carbocycles. The second-order valence-corrected chi connectivity index (χ2v) is 8.12. The maximum atomic E-state index is 13.0. The number of allylic oxidation sites excluding steroid dienone is 4. The molecular weight excluding hydrogens is 394 g/mol. The molecule has 0 fully saturated rings. The van der Waals surface area contributed by atoms with E-state index in [1.807, 2.05) is 4.90 Å². The second kappa shape index (κ2) is 7.67. The standard InChI is InChI=1S/C22H22ClNO5/c23-13-11-12(7-8-16(13)25)20-21-14(3-1-5-17(21)26)24(10-9-19(28)29)15-4-2-6-18(27)22(15)20/h7-8,11,20,25H,1-6,9-10H2,(H,28,29). The number of carboxylic acids is 1. The van der Waals surface area contributed by atoms with E-state index >= 15 is 0 Å². The summed E-state index contributed by atoms with van der Waals surface area (Å²) in [7, 11) is 0. The molecule has 2 N–H and O–H groups in total. The van der Waals surface area contributed by atoms with Crippen LogP contribution in [0.25, 0.3) is 0 Å². The van der Waals surface area contributed by atoms with E-state index in [1.54, 1.807) is 12.1 Å². The monoisotopic (exact) mass is 415 g/mol. The topological polar surface area (TPSA) is 94.9 Å². The van der Waals surface area contributed by atoms with Crippen molar-refractivity contribution < 1.29 is 24.6 Å². The summed E-state index contributed by atoms with van der Waals surface area (Å²) in [6.07, 6.45) is 3.52. The molecule has 0 bridgehead atoms. The first-order valence-electron chi connectivity index (χ1n) is 9.88. The number of hydrogen-bond acceptors (Lipinski definition) is 5. The number of Topliss-reactive ketones (excluding diaryl/α,β-unsaturated/α-hetero) is 2. The quantitative estimate of drug-likeness (QED) is 0.773. The summed E-state index contributed by atoms with van der Waals surface area (Å²) in [4.78, 5) is 39.2. The number of nitrogens with zero attached hydrogens (tertiary/aromatic N) is 1. The summed E-state index contributed by atoms with van der Waals surface area (Å²) >= 11 is 6.14. The van der Waals surface area contributed by atoms with Gasteiger partial charge < -0.3 is 15.1 Å². The predicted octanol–water partition coefficient (Wildman–Crippen LogP) is 3.93. The number of hydrogen-bond donors (Lipinski definition) is 2. The molecule has 1 heterocycles. The lowest BCUT2D eigenvalue weighted by molar-refractivity contribution is -0.137. The zero-order valence-electron chi connectivity index (χ0n) is 15.9. The van der Waals surface area contributed by atoms with Gasteiger partial charge in [-0.15, -0.1) is 0 Å². The SMILES string of the molecule is O=C(O)CCN1C2=C(C(=O)CCC2)C(c2ccc(O)c(Cl)c2)C2=C1CCCC2=O. The minimum Gasteiger partial charge on any atom is -0.506 e. The fourth-order valence-corrected chi connectivity index (χ4v) is 4.92. The smallest absolute Gasteiger partial charge is 0.305 e. The number of aromatic hydroxyl groups is 1. The molecule has 6 nitrogen and oxygen atoms in total. The van der Waals surface area contributed by atoms with Crippen molar-refractivity contribution >= 4 is 29.1 Å². The van der Waals surface area contributed by atoms with E-state index in [-0.39, 0.29) is 35.3 Å². The average Bonchev–Trinajstić information content (AvgIpc) is 2.68. The molecule has 1 aliphatic heterocycles. The van der Waals surface area contributed by atoms with Crippen LogP contribution in [0.2, 0.25) is 5.02 Å². The molecule has 29 heavy (non-hydrogen) atoms. The van der Waals surface area contributed by atoms with E-state index in [4.69, 9.17) is 11.6 Å². The van der Waals surface area contributed by atoms with Crippen molar-refractivity contribution in [2.75, 3.05) is 6.54 Å². The molecule has 3 aliphatic rings. The minimum absolute atomic E-state index is 0.00861. The first-order valence-corrected chi connectivity index (χ1v) is 10.3. The van der Waals surface area contributed by atoms with Gasteiger partial charge in [-0.05, 0) is 43.4 Å². The normalized spacial score (nSPS) is 20.1. The highest BCUT2D eigenvalue weighted by Crippen LogP contribution is 2.49. The zero-order chi connectivity index (χ0) is 20.7. The Morgan fingerprint density at radius 2 is 1.62 bits per heavy atom. The molecule has 0 spiro atoms. The van der Waals surface area contributed by atoms with Gasteiger partial charge in [-0.3, -0.25) is 14.4 Å². The minimum atomic E-state index is -0.911. The lowest BCUT2D eigenvalue weighted by atomic mass is 9.71. The van der Waals surface area contributed by atoms with Gasteiger partial charge in [-0.25, -0.2) is 0 Å². The first-order chi connectivity index (χ1) is 13.9. The maximum absolute atomic E-state index is 13.0. The van der Waals surface area contributed by atoms with Crippen LogP contribution in [0.4, 0.5) is 0 Å². The summed E-state index contributed by atoms with van der Waals surface area (Å²) in [6, 6.07) is 4.81. The zero-order valence-corrected chi connectivity index (χ0v) is 16.7. The maximum Gasteiger partial charge on any atom is 0.305 e. The van der Waals surface area contributed by atoms with E-state index < -0.39 is 11.9 Å². The molecule has 2 aliphatic carbocycles. The van der Waals surface area contributed by atoms with Gasteiger partial charge >= 0.3 is 5.97 Å². The lowest BCUT2D eigenvalue weighted by Gasteiger charge is -2.44. The summed E-state index contributed by atoms with van der Waals surface area (Å²) in [5.41, 5.74) is 3.54. The molecule has 0 radical (unpaired) electrons. The summed E-state index contributed by atoms with van der Waals surface area (Å²) in [6.45, 7) is 0.247. The van der Waals surface area contributed by atoms with E-state index in [0.29, 0.717) is 55.2 Å². The van der Waals surface area contributed by atoms with Crippen molar-refractivity contribution in [2.24, 2.45) is 0 Å². The Balaban J connectivity index is 1.92. The lowest BCUT2D eigenvalue weighted by Crippen LogP contribution is -2.39. The number of aliphatic carboxylic acids is 1. The predicted molar refractivity (Wildman–Crippen MR) is 107 cm³/mol. The van der Waals surface area contributed by atoms with Gasteiger partial charge in [-0.1, -0.05) is 17.7 Å². The van der Waals surface area contributed by atoms with Crippen LogP contribution >= 0.6 is 11.6 Å². The van der Waals surface area contributed by atoms with Gasteiger partial charge in [-0.2, -0.15) is 0 Å². The fraction of sp³-hybridized carbons (Fsp3) is 0.409. The van der Waals surface area contributed by atoms with Crippen LogP contribution in [-0.4, -0.2) is 39.2 Å². The number of ketones is 2. The summed E-state index contributed by atoms with van der Waals surface area (Å²) in [5, 5.41) is 19.2. The van der Waals surface area contributed by atoms with Crippen molar-refractivity contribution in [1.82, 2.24) is 4.90 Å². The highest BCUT2D eigenvalue weighted by atomic mass is 35.5. The van der Waals surface area contributed by atoms with E-state index in [1.165, 1.54) is 6.07 Å². The van der Waals surface area contributed by atoms with E-state index in [0.717, 1.165) is 11.4 Å². The van der Waals surface area contributed by atoms with Crippen LogP contribution in [0.5, 0.6) is 5.75 Å². The van der Waals surface area contributed by atoms with Crippen molar-refractivity contribution in [2.45, 2.75) is 50.9 Å². The number of phenolic OH excluding ortho intramolecular Hbond substituents is 1. The molecule has 0 saturated heterocycles. The molecule has 0 saturated carbocycles. The van der Waals surface area contributed by atoms with Crippen LogP contribution in [0, 0.1) is 0 Å². The van der Waals surface area contributed by atoms with Crippen LogP contribution in [0.15, 0.2) is 40.7 Å². The van der Waals surface area contributed by atoms with Crippen LogP contribution < -0.4 is 0 Å². The summed E-state index contributed by atoms with van der Waals surface area (Å²) < 4.78 is 0. The van der Waals surface area contributed by atoms with Gasteiger partial charge in [0.2, 0.25) is 0 Å². The number of carbonyl (C=O) groups excluding carboxylic acids is 2.